The number of nitrogens with zero attached hydrogens (tertiary/aromatic N) is 2. The summed E-state index contributed by atoms with van der Waals surface area (Å²) in [7, 11) is 0. The van der Waals surface area contributed by atoms with Gasteiger partial charge in [-0.15, -0.1) is 11.3 Å². The van der Waals surface area contributed by atoms with E-state index in [2.05, 4.69) is 10.3 Å². The van der Waals surface area contributed by atoms with Crippen LogP contribution in [-0.4, -0.2) is 21.8 Å². The maximum atomic E-state index is 12.3. The van der Waals surface area contributed by atoms with Crippen molar-refractivity contribution in [3.05, 3.63) is 87.4 Å². The quantitative estimate of drug-likeness (QED) is 0.731. The van der Waals surface area contributed by atoms with Gasteiger partial charge in [0.2, 0.25) is 0 Å². The van der Waals surface area contributed by atoms with Gasteiger partial charge in [0.25, 0.3) is 5.91 Å². The first kappa shape index (κ1) is 17.2. The highest BCUT2D eigenvalue weighted by molar-refractivity contribution is 7.09. The monoisotopic (exact) mass is 378 g/mol. The molecule has 4 rings (SSSR count). The minimum atomic E-state index is -0.478. The minimum absolute atomic E-state index is 0.127. The summed E-state index contributed by atoms with van der Waals surface area (Å²) in [6.45, 7) is 0.947. The first-order valence-corrected chi connectivity index (χ1v) is 9.41. The molecule has 7 heteroatoms. The van der Waals surface area contributed by atoms with Crippen molar-refractivity contribution in [3.63, 3.8) is 0 Å². The molecule has 2 aromatic heterocycles. The lowest BCUT2D eigenvalue weighted by Crippen LogP contribution is -2.34. The van der Waals surface area contributed by atoms with E-state index in [0.29, 0.717) is 18.7 Å². The molecule has 1 aliphatic rings. The van der Waals surface area contributed by atoms with Crippen LogP contribution in [0.1, 0.15) is 38.0 Å². The smallest absolute Gasteiger partial charge is 0.315 e. The highest BCUT2D eigenvalue weighted by Gasteiger charge is 2.33. The summed E-state index contributed by atoms with van der Waals surface area (Å²) in [6, 6.07) is 12.4. The third-order valence-corrected chi connectivity index (χ3v) is 5.54. The second kappa shape index (κ2) is 7.20. The summed E-state index contributed by atoms with van der Waals surface area (Å²) >= 11 is 1.61. The van der Waals surface area contributed by atoms with E-state index < -0.39 is 6.03 Å². The van der Waals surface area contributed by atoms with Crippen molar-refractivity contribution in [1.82, 2.24) is 15.2 Å². The number of amides is 3. The van der Waals surface area contributed by atoms with Crippen LogP contribution in [0.2, 0.25) is 0 Å². The van der Waals surface area contributed by atoms with Gasteiger partial charge in [-0.3, -0.25) is 9.78 Å². The van der Waals surface area contributed by atoms with E-state index >= 15 is 0 Å². The zero-order valence-electron chi connectivity index (χ0n) is 14.5. The molecular formula is C20H18N4O2S. The summed E-state index contributed by atoms with van der Waals surface area (Å²) in [6.07, 6.45) is 3.47. The fourth-order valence-electron chi connectivity index (χ4n) is 3.34. The average molecular weight is 378 g/mol. The molecule has 0 radical (unpaired) electrons. The van der Waals surface area contributed by atoms with Crippen LogP contribution in [-0.2, 0) is 13.1 Å². The predicted octanol–water partition coefficient (Wildman–Crippen LogP) is 3.06. The van der Waals surface area contributed by atoms with Gasteiger partial charge >= 0.3 is 6.03 Å². The van der Waals surface area contributed by atoms with Crippen molar-refractivity contribution in [2.24, 2.45) is 5.73 Å². The number of hydrogen-bond acceptors (Lipinski definition) is 4. The number of aromatic nitrogens is 1. The molecule has 0 spiro atoms. The Balaban J connectivity index is 1.54. The predicted molar refractivity (Wildman–Crippen MR) is 103 cm³/mol. The summed E-state index contributed by atoms with van der Waals surface area (Å²) in [5, 5.41) is 4.89. The van der Waals surface area contributed by atoms with Gasteiger partial charge in [0.1, 0.15) is 0 Å². The average Bonchev–Trinajstić information content (AvgIpc) is 3.34. The molecule has 1 aromatic carbocycles. The van der Waals surface area contributed by atoms with Crippen molar-refractivity contribution >= 4 is 23.3 Å². The summed E-state index contributed by atoms with van der Waals surface area (Å²) < 4.78 is 0. The Bertz CT molecular complexity index is 970. The standard InChI is InChI=1S/C20H18N4O2S/c21-20(26)24-12-15-10-22-8-7-17(15)18(24)13-3-5-14(6-4-13)19(25)23-11-16-2-1-9-27-16/h1-10,18H,11-12H2,(H2,21,26)(H,23,25). The molecule has 0 saturated heterocycles. The lowest BCUT2D eigenvalue weighted by atomic mass is 9.98. The normalized spacial score (nSPS) is 15.4. The van der Waals surface area contributed by atoms with Crippen molar-refractivity contribution in [2.45, 2.75) is 19.1 Å². The number of carbonyl (C=O) groups excluding carboxylic acids is 2. The third-order valence-electron chi connectivity index (χ3n) is 4.66. The van der Waals surface area contributed by atoms with Crippen molar-refractivity contribution in [1.29, 1.82) is 0 Å². The number of hydrogen-bond donors (Lipinski definition) is 2. The Morgan fingerprint density at radius 1 is 1.22 bits per heavy atom. The second-order valence-electron chi connectivity index (χ2n) is 6.33. The van der Waals surface area contributed by atoms with Crippen LogP contribution in [0.25, 0.3) is 0 Å². The van der Waals surface area contributed by atoms with Crippen LogP contribution in [0, 0.1) is 0 Å². The zero-order valence-corrected chi connectivity index (χ0v) is 15.3. The van der Waals surface area contributed by atoms with Crippen molar-refractivity contribution in [3.8, 4) is 0 Å². The molecule has 6 nitrogen and oxygen atoms in total. The van der Waals surface area contributed by atoms with E-state index in [9.17, 15) is 9.59 Å². The van der Waals surface area contributed by atoms with Crippen LogP contribution in [0.15, 0.2) is 60.2 Å². The van der Waals surface area contributed by atoms with Crippen molar-refractivity contribution < 1.29 is 9.59 Å². The van der Waals surface area contributed by atoms with Crippen LogP contribution in [0.5, 0.6) is 0 Å². The molecule has 27 heavy (non-hydrogen) atoms. The number of thiophene rings is 1. The molecule has 0 bridgehead atoms. The van der Waals surface area contributed by atoms with Crippen LogP contribution in [0.4, 0.5) is 4.79 Å². The largest absolute Gasteiger partial charge is 0.351 e. The molecule has 1 unspecified atom stereocenters. The van der Waals surface area contributed by atoms with Gasteiger partial charge in [-0.25, -0.2) is 4.79 Å². The Hall–Kier alpha value is -3.19. The van der Waals surface area contributed by atoms with Gasteiger partial charge in [-0.05, 0) is 46.3 Å². The molecule has 3 heterocycles. The van der Waals surface area contributed by atoms with E-state index in [1.165, 1.54) is 0 Å². The Kier molecular flexibility index (Phi) is 4.60. The topological polar surface area (TPSA) is 88.3 Å². The third kappa shape index (κ3) is 3.41. The number of urea groups is 1. The highest BCUT2D eigenvalue weighted by atomic mass is 32.1. The van der Waals surface area contributed by atoms with Gasteiger partial charge in [-0.1, -0.05) is 18.2 Å². The van der Waals surface area contributed by atoms with Gasteiger partial charge in [0, 0.05) is 22.8 Å². The van der Waals surface area contributed by atoms with E-state index in [1.54, 1.807) is 40.8 Å². The number of pyridine rings is 1. The summed E-state index contributed by atoms with van der Waals surface area (Å²) in [5.74, 6) is -0.127. The molecule has 1 atom stereocenters. The lowest BCUT2D eigenvalue weighted by Gasteiger charge is -2.24. The Morgan fingerprint density at radius 3 is 2.74 bits per heavy atom. The number of benzene rings is 1. The number of fused-ring (bicyclic) bond motifs is 1. The van der Waals surface area contributed by atoms with Gasteiger partial charge in [-0.2, -0.15) is 0 Å². The van der Waals surface area contributed by atoms with E-state index in [0.717, 1.165) is 21.6 Å². The molecule has 0 aliphatic carbocycles. The molecule has 136 valence electrons. The molecule has 3 aromatic rings. The van der Waals surface area contributed by atoms with Crippen LogP contribution < -0.4 is 11.1 Å². The number of carbonyl (C=O) groups is 2. The first-order chi connectivity index (χ1) is 13.1. The number of nitrogens with two attached hydrogens (primary N) is 1. The number of nitrogens with one attached hydrogen (secondary N) is 1. The number of primary amides is 1. The van der Waals surface area contributed by atoms with E-state index in [4.69, 9.17) is 5.73 Å². The zero-order chi connectivity index (χ0) is 18.8. The highest BCUT2D eigenvalue weighted by Crippen LogP contribution is 2.37. The molecule has 0 saturated carbocycles. The lowest BCUT2D eigenvalue weighted by molar-refractivity contribution is 0.0951. The van der Waals surface area contributed by atoms with Crippen LogP contribution >= 0.6 is 11.3 Å². The van der Waals surface area contributed by atoms with E-state index in [1.807, 2.05) is 35.7 Å². The van der Waals surface area contributed by atoms with E-state index in [-0.39, 0.29) is 11.9 Å². The molecule has 3 amide bonds. The first-order valence-electron chi connectivity index (χ1n) is 8.53. The van der Waals surface area contributed by atoms with Crippen LogP contribution in [0.3, 0.4) is 0 Å². The second-order valence-corrected chi connectivity index (χ2v) is 7.36. The Labute approximate surface area is 160 Å². The molecule has 1 aliphatic heterocycles. The molecule has 0 fully saturated rings. The van der Waals surface area contributed by atoms with Gasteiger partial charge in [0.05, 0.1) is 19.1 Å². The SMILES string of the molecule is NC(=O)N1Cc2cnccc2C1c1ccc(C(=O)NCc2cccs2)cc1. The molecule has 3 N–H and O–H groups in total. The maximum absolute atomic E-state index is 12.3. The fourth-order valence-corrected chi connectivity index (χ4v) is 3.99. The number of rotatable bonds is 4. The van der Waals surface area contributed by atoms with Gasteiger partial charge in [0.15, 0.2) is 0 Å². The van der Waals surface area contributed by atoms with Crippen molar-refractivity contribution in [2.75, 3.05) is 0 Å². The summed E-state index contributed by atoms with van der Waals surface area (Å²) in [5.41, 5.74) is 9.06. The fraction of sp³-hybridized carbons (Fsp3) is 0.150. The summed E-state index contributed by atoms with van der Waals surface area (Å²) in [4.78, 5) is 31.1. The Morgan fingerprint density at radius 2 is 2.04 bits per heavy atom. The van der Waals surface area contributed by atoms with Gasteiger partial charge < -0.3 is 16.0 Å². The molecular weight excluding hydrogens is 360 g/mol. The minimum Gasteiger partial charge on any atom is -0.351 e. The maximum Gasteiger partial charge on any atom is 0.315 e.